The van der Waals surface area contributed by atoms with E-state index in [9.17, 15) is 4.79 Å². The van der Waals surface area contributed by atoms with E-state index in [1.54, 1.807) is 36.6 Å². The van der Waals surface area contributed by atoms with Gasteiger partial charge in [-0.05, 0) is 42.5 Å². The van der Waals surface area contributed by atoms with Crippen LogP contribution in [0.4, 0.5) is 0 Å². The summed E-state index contributed by atoms with van der Waals surface area (Å²) in [7, 11) is 1.55. The molecular weight excluding hydrogens is 402 g/mol. The highest BCUT2D eigenvalue weighted by atomic mass is 35.5. The van der Waals surface area contributed by atoms with Crippen molar-refractivity contribution in [3.8, 4) is 5.75 Å². The van der Waals surface area contributed by atoms with Gasteiger partial charge in [-0.2, -0.15) is 0 Å². The first-order valence-electron chi connectivity index (χ1n) is 8.61. The second-order valence-electron chi connectivity index (χ2n) is 6.32. The van der Waals surface area contributed by atoms with Crippen molar-refractivity contribution in [3.63, 3.8) is 0 Å². The molecule has 0 spiro atoms. The Balaban J connectivity index is 1.47. The predicted molar refractivity (Wildman–Crippen MR) is 108 cm³/mol. The molecule has 1 aliphatic carbocycles. The van der Waals surface area contributed by atoms with Gasteiger partial charge in [-0.15, -0.1) is 21.5 Å². The van der Waals surface area contributed by atoms with E-state index in [1.807, 2.05) is 6.07 Å². The normalized spacial score (nSPS) is 13.7. The molecule has 1 fully saturated rings. The molecule has 5 nitrogen and oxygen atoms in total. The highest BCUT2D eigenvalue weighted by molar-refractivity contribution is 7.99. The van der Waals surface area contributed by atoms with Crippen molar-refractivity contribution < 1.29 is 9.53 Å². The van der Waals surface area contributed by atoms with Gasteiger partial charge in [-0.25, -0.2) is 0 Å². The number of methoxy groups -OCH3 is 1. The number of carbonyl (C=O) groups excluding carboxylic acids is 1. The van der Waals surface area contributed by atoms with Gasteiger partial charge in [0.15, 0.2) is 10.9 Å². The molecule has 8 heteroatoms. The number of Topliss-reactive ketones (excluding diaryl/α,β-unsaturated/α-hetero) is 1. The maximum atomic E-state index is 12.6. The van der Waals surface area contributed by atoms with Crippen molar-refractivity contribution in [2.75, 3.05) is 12.9 Å². The van der Waals surface area contributed by atoms with E-state index in [4.69, 9.17) is 16.3 Å². The molecule has 2 aromatic heterocycles. The highest BCUT2D eigenvalue weighted by Crippen LogP contribution is 2.39. The summed E-state index contributed by atoms with van der Waals surface area (Å²) in [6, 6.07) is 9.72. The number of halogens is 1. The standard InChI is InChI=1S/C19H18ClN3O2S2/c1-25-17-7-4-12(9-15(17)20)16(24)11-27-19-22-21-18(23(19)13-5-6-13)10-14-3-2-8-26-14/h2-4,7-9,13H,5-6,10-11H2,1H3. The number of nitrogens with zero attached hydrogens (tertiary/aromatic N) is 3. The van der Waals surface area contributed by atoms with Crippen LogP contribution in [0.25, 0.3) is 0 Å². The average molecular weight is 420 g/mol. The van der Waals surface area contributed by atoms with Crippen LogP contribution in [-0.4, -0.2) is 33.4 Å². The maximum Gasteiger partial charge on any atom is 0.191 e. The van der Waals surface area contributed by atoms with E-state index in [-0.39, 0.29) is 5.78 Å². The van der Waals surface area contributed by atoms with Crippen molar-refractivity contribution in [1.82, 2.24) is 14.8 Å². The summed E-state index contributed by atoms with van der Waals surface area (Å²) in [5.41, 5.74) is 0.574. The van der Waals surface area contributed by atoms with Gasteiger partial charge in [-0.1, -0.05) is 29.4 Å². The van der Waals surface area contributed by atoms with Crippen molar-refractivity contribution in [1.29, 1.82) is 0 Å². The first-order valence-corrected chi connectivity index (χ1v) is 10.9. The zero-order valence-corrected chi connectivity index (χ0v) is 17.1. The number of ketones is 1. The summed E-state index contributed by atoms with van der Waals surface area (Å²) in [6.45, 7) is 0. The lowest BCUT2D eigenvalue weighted by Gasteiger charge is -2.08. The first kappa shape index (κ1) is 18.5. The predicted octanol–water partition coefficient (Wildman–Crippen LogP) is 4.90. The third-order valence-corrected chi connectivity index (χ3v) is 6.48. The molecule has 0 bridgehead atoms. The second-order valence-corrected chi connectivity index (χ2v) is 8.70. The molecule has 0 N–H and O–H groups in total. The number of rotatable bonds is 8. The summed E-state index contributed by atoms with van der Waals surface area (Å²) in [4.78, 5) is 13.8. The Morgan fingerprint density at radius 2 is 2.22 bits per heavy atom. The largest absolute Gasteiger partial charge is 0.495 e. The molecule has 0 radical (unpaired) electrons. The fourth-order valence-electron chi connectivity index (χ4n) is 2.85. The van der Waals surface area contributed by atoms with Crippen LogP contribution in [0.2, 0.25) is 5.02 Å². The molecule has 1 aromatic carbocycles. The van der Waals surface area contributed by atoms with Gasteiger partial charge in [0.1, 0.15) is 11.6 Å². The SMILES string of the molecule is COc1ccc(C(=O)CSc2nnc(Cc3cccs3)n2C2CC2)cc1Cl. The van der Waals surface area contributed by atoms with E-state index in [1.165, 1.54) is 16.6 Å². The second kappa shape index (κ2) is 8.04. The third-order valence-electron chi connectivity index (χ3n) is 4.37. The molecule has 0 saturated heterocycles. The van der Waals surface area contributed by atoms with Gasteiger partial charge < -0.3 is 9.30 Å². The molecule has 3 aromatic rings. The maximum absolute atomic E-state index is 12.6. The zero-order valence-electron chi connectivity index (χ0n) is 14.7. The first-order chi connectivity index (χ1) is 13.2. The summed E-state index contributed by atoms with van der Waals surface area (Å²) < 4.78 is 7.34. The summed E-state index contributed by atoms with van der Waals surface area (Å²) in [6.07, 6.45) is 3.07. The number of ether oxygens (including phenoxy) is 1. The van der Waals surface area contributed by atoms with Crippen LogP contribution < -0.4 is 4.74 Å². The van der Waals surface area contributed by atoms with Gasteiger partial charge in [0, 0.05) is 22.9 Å². The van der Waals surface area contributed by atoms with Crippen LogP contribution in [0.5, 0.6) is 5.75 Å². The lowest BCUT2D eigenvalue weighted by atomic mass is 10.1. The smallest absolute Gasteiger partial charge is 0.191 e. The fourth-order valence-corrected chi connectivity index (χ4v) is 4.73. The number of hydrogen-bond acceptors (Lipinski definition) is 6. The van der Waals surface area contributed by atoms with Crippen molar-refractivity contribution in [3.05, 3.63) is 57.0 Å². The van der Waals surface area contributed by atoms with E-state index in [0.29, 0.717) is 28.1 Å². The van der Waals surface area contributed by atoms with Gasteiger partial charge in [-0.3, -0.25) is 4.79 Å². The molecule has 140 valence electrons. The average Bonchev–Trinajstić information content (AvgIpc) is 3.22. The summed E-state index contributed by atoms with van der Waals surface area (Å²) in [5, 5.41) is 12.1. The molecule has 27 heavy (non-hydrogen) atoms. The van der Waals surface area contributed by atoms with Gasteiger partial charge >= 0.3 is 0 Å². The molecule has 0 aliphatic heterocycles. The quantitative estimate of drug-likeness (QED) is 0.384. The van der Waals surface area contributed by atoms with Gasteiger partial charge in [0.05, 0.1) is 17.9 Å². The number of aromatic nitrogens is 3. The Morgan fingerprint density at radius 1 is 1.37 bits per heavy atom. The van der Waals surface area contributed by atoms with Crippen molar-refractivity contribution in [2.45, 2.75) is 30.5 Å². The van der Waals surface area contributed by atoms with Gasteiger partial charge in [0.25, 0.3) is 0 Å². The van der Waals surface area contributed by atoms with Crippen molar-refractivity contribution >= 4 is 40.5 Å². The van der Waals surface area contributed by atoms with Gasteiger partial charge in [0.2, 0.25) is 0 Å². The molecule has 2 heterocycles. The molecular formula is C19H18ClN3O2S2. The fraction of sp³-hybridized carbons (Fsp3) is 0.316. The van der Waals surface area contributed by atoms with E-state index in [0.717, 1.165) is 30.2 Å². The Kier molecular flexibility index (Phi) is 5.52. The monoisotopic (exact) mass is 419 g/mol. The van der Waals surface area contributed by atoms with E-state index >= 15 is 0 Å². The molecule has 0 amide bonds. The Bertz CT molecular complexity index is 952. The minimum atomic E-state index is 0.00899. The minimum absolute atomic E-state index is 0.00899. The van der Waals surface area contributed by atoms with Crippen LogP contribution in [0, 0.1) is 0 Å². The summed E-state index contributed by atoms with van der Waals surface area (Å²) >= 11 is 9.29. The third kappa shape index (κ3) is 4.20. The number of hydrogen-bond donors (Lipinski definition) is 0. The lowest BCUT2D eigenvalue weighted by Crippen LogP contribution is -2.06. The number of carbonyl (C=O) groups is 1. The topological polar surface area (TPSA) is 57.0 Å². The lowest BCUT2D eigenvalue weighted by molar-refractivity contribution is 0.102. The summed E-state index contributed by atoms with van der Waals surface area (Å²) in [5.74, 6) is 1.84. The molecule has 0 atom stereocenters. The zero-order chi connectivity index (χ0) is 18.8. The van der Waals surface area contributed by atoms with Crippen LogP contribution >= 0.6 is 34.7 Å². The van der Waals surface area contributed by atoms with Crippen LogP contribution in [0.1, 0.15) is 39.9 Å². The molecule has 1 saturated carbocycles. The Labute approximate surface area is 170 Å². The number of thioether (sulfide) groups is 1. The molecule has 0 unspecified atom stereocenters. The Hall–Kier alpha value is -1.83. The van der Waals surface area contributed by atoms with Crippen LogP contribution in [-0.2, 0) is 6.42 Å². The molecule has 4 rings (SSSR count). The minimum Gasteiger partial charge on any atom is -0.495 e. The number of benzene rings is 1. The van der Waals surface area contributed by atoms with E-state index < -0.39 is 0 Å². The Morgan fingerprint density at radius 3 is 2.89 bits per heavy atom. The number of thiophene rings is 1. The van der Waals surface area contributed by atoms with Crippen LogP contribution in [0.3, 0.4) is 0 Å². The highest BCUT2D eigenvalue weighted by Gasteiger charge is 2.30. The van der Waals surface area contributed by atoms with Crippen molar-refractivity contribution in [2.24, 2.45) is 0 Å². The van der Waals surface area contributed by atoms with E-state index in [2.05, 4.69) is 26.2 Å². The molecule has 1 aliphatic rings. The van der Waals surface area contributed by atoms with Crippen LogP contribution in [0.15, 0.2) is 40.9 Å².